The Hall–Kier alpha value is -3.10. The molecule has 2 heterocycles. The van der Waals surface area contributed by atoms with Gasteiger partial charge in [-0.3, -0.25) is 14.4 Å². The van der Waals surface area contributed by atoms with E-state index in [0.717, 1.165) is 5.69 Å². The van der Waals surface area contributed by atoms with E-state index in [-0.39, 0.29) is 36.0 Å². The van der Waals surface area contributed by atoms with Gasteiger partial charge in [0.1, 0.15) is 12.6 Å². The molecule has 0 saturated heterocycles. The first-order chi connectivity index (χ1) is 11.9. The number of likely N-dealkylation sites (N-methyl/N-ethyl adjacent to an activating group) is 1. The van der Waals surface area contributed by atoms with E-state index in [0.29, 0.717) is 5.69 Å². The second-order valence-corrected chi connectivity index (χ2v) is 5.49. The molecule has 9 heteroatoms. The van der Waals surface area contributed by atoms with Gasteiger partial charge in [-0.2, -0.15) is 0 Å². The van der Waals surface area contributed by atoms with E-state index in [1.165, 1.54) is 32.7 Å². The number of aromatic nitrogens is 3. The minimum Gasteiger partial charge on any atom is -0.491 e. The van der Waals surface area contributed by atoms with Gasteiger partial charge in [-0.05, 0) is 6.92 Å². The predicted octanol–water partition coefficient (Wildman–Crippen LogP) is -0.638. The van der Waals surface area contributed by atoms with E-state index in [1.807, 2.05) is 0 Å². The lowest BCUT2D eigenvalue weighted by atomic mass is 10.1. The molecular weight excluding hydrogens is 326 g/mol. The summed E-state index contributed by atoms with van der Waals surface area (Å²) in [5.74, 6) is -0.516. The van der Waals surface area contributed by atoms with Crippen LogP contribution in [-0.4, -0.2) is 46.5 Å². The lowest BCUT2D eigenvalue weighted by Crippen LogP contribution is -2.48. The summed E-state index contributed by atoms with van der Waals surface area (Å²) in [7, 11) is 2.90. The lowest BCUT2D eigenvalue weighted by molar-refractivity contribution is -0.129. The molecule has 2 aromatic rings. The van der Waals surface area contributed by atoms with Gasteiger partial charge >= 0.3 is 0 Å². The van der Waals surface area contributed by atoms with Crippen molar-refractivity contribution in [1.29, 1.82) is 0 Å². The quantitative estimate of drug-likeness (QED) is 0.616. The van der Waals surface area contributed by atoms with Crippen molar-refractivity contribution >= 4 is 11.8 Å². The molecule has 0 spiro atoms. The normalized spacial score (nSPS) is 11.6. The smallest absolute Gasteiger partial charge is 0.242 e. The lowest BCUT2D eigenvalue weighted by Gasteiger charge is -2.18. The topological polar surface area (TPSA) is 118 Å². The number of methoxy groups -OCH3 is 1. The number of aromatic amines is 1. The number of carbonyl (C=O) groups is 2. The van der Waals surface area contributed by atoms with E-state index in [4.69, 9.17) is 4.74 Å². The minimum absolute atomic E-state index is 0.0427. The average molecular weight is 347 g/mol. The van der Waals surface area contributed by atoms with Crippen LogP contribution in [0.1, 0.15) is 11.4 Å². The molecule has 0 aliphatic rings. The molecule has 3 N–H and O–H groups in total. The molecule has 25 heavy (non-hydrogen) atoms. The van der Waals surface area contributed by atoms with Crippen molar-refractivity contribution < 1.29 is 14.3 Å². The molecule has 0 saturated carbocycles. The molecule has 2 aromatic heterocycles. The zero-order valence-corrected chi connectivity index (χ0v) is 14.3. The number of aryl methyl sites for hydroxylation is 1. The number of hydrogen-bond acceptors (Lipinski definition) is 5. The summed E-state index contributed by atoms with van der Waals surface area (Å²) in [5, 5.41) is 5.22. The Morgan fingerprint density at radius 3 is 2.80 bits per heavy atom. The summed E-state index contributed by atoms with van der Waals surface area (Å²) in [4.78, 5) is 42.9. The van der Waals surface area contributed by atoms with E-state index < -0.39 is 6.04 Å². The molecular formula is C16H21N5O4. The molecule has 2 amide bonds. The average Bonchev–Trinajstić information content (AvgIpc) is 3.09. The van der Waals surface area contributed by atoms with Gasteiger partial charge < -0.3 is 24.9 Å². The number of hydrogen-bond donors (Lipinski definition) is 3. The third-order valence-corrected chi connectivity index (χ3v) is 3.72. The zero-order chi connectivity index (χ0) is 18.4. The number of imidazole rings is 1. The van der Waals surface area contributed by atoms with Crippen molar-refractivity contribution in [2.75, 3.05) is 14.2 Å². The number of pyridine rings is 1. The fourth-order valence-corrected chi connectivity index (χ4v) is 2.37. The van der Waals surface area contributed by atoms with Gasteiger partial charge in [-0.1, -0.05) is 0 Å². The van der Waals surface area contributed by atoms with Crippen molar-refractivity contribution in [2.24, 2.45) is 0 Å². The molecule has 0 aliphatic heterocycles. The Balaban J connectivity index is 2.11. The molecule has 9 nitrogen and oxygen atoms in total. The number of carbonyl (C=O) groups excluding carboxylic acids is 2. The van der Waals surface area contributed by atoms with Crippen molar-refractivity contribution in [1.82, 2.24) is 25.2 Å². The maximum Gasteiger partial charge on any atom is 0.242 e. The number of amides is 2. The SMILES string of the molecule is CNC(=O)[C@H](Cc1cnc[nH]1)NC(=O)Cn1cc(OC)c(=O)cc1C. The van der Waals surface area contributed by atoms with Gasteiger partial charge in [0, 0.05) is 37.1 Å². The zero-order valence-electron chi connectivity index (χ0n) is 14.3. The number of H-pyrrole nitrogens is 1. The van der Waals surface area contributed by atoms with Crippen molar-refractivity contribution in [3.05, 3.63) is 46.4 Å². The maximum atomic E-state index is 12.4. The Labute approximate surface area is 144 Å². The third kappa shape index (κ3) is 4.69. The Bertz CT molecular complexity index is 797. The predicted molar refractivity (Wildman–Crippen MR) is 90.3 cm³/mol. The van der Waals surface area contributed by atoms with E-state index in [1.54, 1.807) is 17.7 Å². The first-order valence-electron chi connectivity index (χ1n) is 7.68. The molecule has 0 bridgehead atoms. The van der Waals surface area contributed by atoms with Crippen LogP contribution in [0.2, 0.25) is 0 Å². The van der Waals surface area contributed by atoms with Crippen LogP contribution >= 0.6 is 0 Å². The highest BCUT2D eigenvalue weighted by atomic mass is 16.5. The summed E-state index contributed by atoms with van der Waals surface area (Å²) in [5.41, 5.74) is 1.10. The van der Waals surface area contributed by atoms with Gasteiger partial charge in [-0.15, -0.1) is 0 Å². The highest BCUT2D eigenvalue weighted by Gasteiger charge is 2.21. The summed E-state index contributed by atoms with van der Waals surface area (Å²) >= 11 is 0. The molecule has 134 valence electrons. The second kappa shape index (κ2) is 8.13. The Morgan fingerprint density at radius 1 is 1.44 bits per heavy atom. The molecule has 1 atom stereocenters. The van der Waals surface area contributed by atoms with Crippen LogP contribution in [0.3, 0.4) is 0 Å². The van der Waals surface area contributed by atoms with Crippen LogP contribution < -0.4 is 20.8 Å². The van der Waals surface area contributed by atoms with Crippen molar-refractivity contribution in [2.45, 2.75) is 25.9 Å². The van der Waals surface area contributed by atoms with Crippen LogP contribution in [0, 0.1) is 6.92 Å². The maximum absolute atomic E-state index is 12.4. The van der Waals surface area contributed by atoms with Gasteiger partial charge in [0.15, 0.2) is 5.75 Å². The first kappa shape index (κ1) is 18.2. The van der Waals surface area contributed by atoms with Crippen LogP contribution in [0.15, 0.2) is 29.6 Å². The van der Waals surface area contributed by atoms with Crippen LogP contribution in [0.5, 0.6) is 5.75 Å². The van der Waals surface area contributed by atoms with Crippen molar-refractivity contribution in [3.8, 4) is 5.75 Å². The number of rotatable bonds is 7. The van der Waals surface area contributed by atoms with Crippen LogP contribution in [0.4, 0.5) is 0 Å². The van der Waals surface area contributed by atoms with Crippen molar-refractivity contribution in [3.63, 3.8) is 0 Å². The summed E-state index contributed by atoms with van der Waals surface area (Å²) in [6, 6.07) is 0.659. The minimum atomic E-state index is -0.737. The van der Waals surface area contributed by atoms with Crippen LogP contribution in [0.25, 0.3) is 0 Å². The monoisotopic (exact) mass is 347 g/mol. The van der Waals surface area contributed by atoms with Gasteiger partial charge in [-0.25, -0.2) is 4.98 Å². The molecule has 0 aromatic carbocycles. The highest BCUT2D eigenvalue weighted by Crippen LogP contribution is 2.06. The molecule has 0 radical (unpaired) electrons. The Kier molecular flexibility index (Phi) is 5.93. The first-order valence-corrected chi connectivity index (χ1v) is 7.68. The highest BCUT2D eigenvalue weighted by molar-refractivity contribution is 5.87. The van der Waals surface area contributed by atoms with Gasteiger partial charge in [0.05, 0.1) is 19.6 Å². The molecule has 2 rings (SSSR count). The fraction of sp³-hybridized carbons (Fsp3) is 0.375. The summed E-state index contributed by atoms with van der Waals surface area (Å²) in [6.45, 7) is 1.67. The van der Waals surface area contributed by atoms with E-state index in [9.17, 15) is 14.4 Å². The Morgan fingerprint density at radius 2 is 2.20 bits per heavy atom. The van der Waals surface area contributed by atoms with Crippen LogP contribution in [-0.2, 0) is 22.6 Å². The molecule has 0 fully saturated rings. The second-order valence-electron chi connectivity index (χ2n) is 5.49. The number of ether oxygens (including phenoxy) is 1. The molecule has 0 aliphatic carbocycles. The fourth-order valence-electron chi connectivity index (χ4n) is 2.37. The van der Waals surface area contributed by atoms with E-state index >= 15 is 0 Å². The summed E-state index contributed by atoms with van der Waals surface area (Å²) < 4.78 is 6.58. The third-order valence-electron chi connectivity index (χ3n) is 3.72. The molecule has 0 unspecified atom stereocenters. The largest absolute Gasteiger partial charge is 0.491 e. The van der Waals surface area contributed by atoms with Gasteiger partial charge in [0.25, 0.3) is 0 Å². The number of nitrogens with one attached hydrogen (secondary N) is 3. The van der Waals surface area contributed by atoms with E-state index in [2.05, 4.69) is 20.6 Å². The standard InChI is InChI=1S/C16H21N5O4/c1-10-4-13(22)14(25-3)7-21(10)8-15(23)20-12(16(24)17-2)5-11-6-18-9-19-11/h4,6-7,9,12H,5,8H2,1-3H3,(H,17,24)(H,18,19)(H,20,23)/t12-/m0/s1. The van der Waals surface area contributed by atoms with Gasteiger partial charge in [0.2, 0.25) is 17.2 Å². The summed E-state index contributed by atoms with van der Waals surface area (Å²) in [6.07, 6.45) is 4.87. The number of nitrogens with zero attached hydrogens (tertiary/aromatic N) is 2.